The Morgan fingerprint density at radius 1 is 1.27 bits per heavy atom. The molecule has 0 saturated carbocycles. The summed E-state index contributed by atoms with van der Waals surface area (Å²) < 4.78 is 7.35. The van der Waals surface area contributed by atoms with Crippen LogP contribution in [0.15, 0.2) is 35.9 Å². The van der Waals surface area contributed by atoms with E-state index in [0.717, 1.165) is 54.0 Å². The van der Waals surface area contributed by atoms with Crippen LogP contribution in [0.4, 0.5) is 5.69 Å². The fourth-order valence-electron chi connectivity index (χ4n) is 3.91. The van der Waals surface area contributed by atoms with E-state index in [1.165, 1.54) is 6.08 Å². The summed E-state index contributed by atoms with van der Waals surface area (Å²) in [7, 11) is 0. The number of hydrogen-bond acceptors (Lipinski definition) is 4. The van der Waals surface area contributed by atoms with Gasteiger partial charge in [-0.3, -0.25) is 4.79 Å². The molecule has 6 nitrogen and oxygen atoms in total. The zero-order chi connectivity index (χ0) is 21.7. The normalized spacial score (nSPS) is 13.5. The van der Waals surface area contributed by atoms with Gasteiger partial charge in [-0.05, 0) is 62.4 Å². The van der Waals surface area contributed by atoms with Crippen molar-refractivity contribution in [2.45, 2.75) is 46.6 Å². The molecule has 0 spiro atoms. The average Bonchev–Trinajstić information content (AvgIpc) is 3.02. The van der Waals surface area contributed by atoms with Crippen LogP contribution in [0.2, 0.25) is 0 Å². The number of nitriles is 1. The molecule has 30 heavy (non-hydrogen) atoms. The lowest BCUT2D eigenvalue weighted by atomic mass is 10.0. The molecule has 0 bridgehead atoms. The van der Waals surface area contributed by atoms with Gasteiger partial charge in [0.2, 0.25) is 0 Å². The lowest BCUT2D eigenvalue weighted by molar-refractivity contribution is -0.143. The highest BCUT2D eigenvalue weighted by atomic mass is 16.5. The van der Waals surface area contributed by atoms with E-state index in [-0.39, 0.29) is 18.1 Å². The Balaban J connectivity index is 1.70. The van der Waals surface area contributed by atoms with Crippen LogP contribution in [-0.4, -0.2) is 29.6 Å². The van der Waals surface area contributed by atoms with Crippen molar-refractivity contribution in [2.75, 3.05) is 18.1 Å². The highest BCUT2D eigenvalue weighted by Crippen LogP contribution is 2.26. The molecule has 0 saturated heterocycles. The maximum atomic E-state index is 12.7. The number of esters is 1. The third-order valence-corrected chi connectivity index (χ3v) is 5.44. The largest absolute Gasteiger partial charge is 0.451 e. The van der Waals surface area contributed by atoms with Crippen molar-refractivity contribution in [3.05, 3.63) is 58.4 Å². The number of benzene rings is 1. The van der Waals surface area contributed by atoms with Crippen molar-refractivity contribution in [3.8, 4) is 6.07 Å². The molecule has 1 aliphatic heterocycles. The van der Waals surface area contributed by atoms with Crippen LogP contribution in [0.25, 0.3) is 6.08 Å². The second-order valence-electron chi connectivity index (χ2n) is 7.50. The number of carbonyl (C=O) groups is 2. The number of rotatable bonds is 6. The zero-order valence-electron chi connectivity index (χ0n) is 17.8. The fourth-order valence-corrected chi connectivity index (χ4v) is 3.91. The van der Waals surface area contributed by atoms with Crippen LogP contribution in [0.3, 0.4) is 0 Å². The Bertz CT molecular complexity index is 1030. The zero-order valence-corrected chi connectivity index (χ0v) is 17.8. The van der Waals surface area contributed by atoms with Crippen LogP contribution in [0.1, 0.15) is 42.3 Å². The molecule has 0 unspecified atom stereocenters. The molecule has 1 amide bonds. The summed E-state index contributed by atoms with van der Waals surface area (Å²) in [5.41, 5.74) is 4.75. The Kier molecular flexibility index (Phi) is 6.73. The summed E-state index contributed by atoms with van der Waals surface area (Å²) in [5, 5.41) is 9.45. The van der Waals surface area contributed by atoms with E-state index in [0.29, 0.717) is 6.54 Å². The Morgan fingerprint density at radius 2 is 2.03 bits per heavy atom. The number of ether oxygens (including phenoxy) is 1. The maximum Gasteiger partial charge on any atom is 0.349 e. The molecule has 1 aliphatic rings. The lowest BCUT2D eigenvalue weighted by Gasteiger charge is -2.29. The minimum absolute atomic E-state index is 0.112. The molecule has 0 radical (unpaired) electrons. The van der Waals surface area contributed by atoms with E-state index >= 15 is 0 Å². The van der Waals surface area contributed by atoms with Crippen molar-refractivity contribution in [1.82, 2.24) is 4.57 Å². The third-order valence-electron chi connectivity index (χ3n) is 5.44. The molecular formula is C24H27N3O3. The Labute approximate surface area is 177 Å². The molecule has 0 aliphatic carbocycles. The predicted molar refractivity (Wildman–Crippen MR) is 116 cm³/mol. The minimum Gasteiger partial charge on any atom is -0.451 e. The number of nitrogens with zero attached hydrogens (tertiary/aromatic N) is 3. The molecule has 0 atom stereocenters. The summed E-state index contributed by atoms with van der Waals surface area (Å²) in [4.78, 5) is 26.8. The van der Waals surface area contributed by atoms with Crippen molar-refractivity contribution in [2.24, 2.45) is 0 Å². The molecule has 0 N–H and O–H groups in total. The van der Waals surface area contributed by atoms with Gasteiger partial charge in [0, 0.05) is 30.2 Å². The second kappa shape index (κ2) is 9.45. The Morgan fingerprint density at radius 3 is 2.77 bits per heavy atom. The van der Waals surface area contributed by atoms with Crippen molar-refractivity contribution in [1.29, 1.82) is 5.26 Å². The maximum absolute atomic E-state index is 12.7. The smallest absolute Gasteiger partial charge is 0.349 e. The van der Waals surface area contributed by atoms with Gasteiger partial charge >= 0.3 is 5.97 Å². The second-order valence-corrected chi connectivity index (χ2v) is 7.50. The molecular weight excluding hydrogens is 378 g/mol. The number of amides is 1. The first kappa shape index (κ1) is 21.4. The van der Waals surface area contributed by atoms with E-state index in [1.807, 2.05) is 50.2 Å². The lowest BCUT2D eigenvalue weighted by Crippen LogP contribution is -2.38. The standard InChI is InChI=1S/C24H27N3O3/c1-4-11-26-17(2)13-20(18(26)3)14-21(15-25)24(29)30-16-23(28)27-12-7-9-19-8-5-6-10-22(19)27/h5-6,8,10,13-14H,4,7,9,11-12,16H2,1-3H3. The van der Waals surface area contributed by atoms with Crippen LogP contribution in [0.5, 0.6) is 0 Å². The highest BCUT2D eigenvalue weighted by Gasteiger charge is 2.24. The summed E-state index contributed by atoms with van der Waals surface area (Å²) >= 11 is 0. The number of fused-ring (bicyclic) bond motifs is 1. The summed E-state index contributed by atoms with van der Waals surface area (Å²) in [6.45, 7) is 7.15. The van der Waals surface area contributed by atoms with E-state index in [9.17, 15) is 14.9 Å². The van der Waals surface area contributed by atoms with E-state index < -0.39 is 5.97 Å². The van der Waals surface area contributed by atoms with Crippen LogP contribution >= 0.6 is 0 Å². The van der Waals surface area contributed by atoms with Crippen LogP contribution < -0.4 is 4.90 Å². The number of aryl methyl sites for hydroxylation is 2. The van der Waals surface area contributed by atoms with E-state index in [2.05, 4.69) is 11.5 Å². The first-order chi connectivity index (χ1) is 14.5. The SMILES string of the molecule is CCCn1c(C)cc(C=C(C#N)C(=O)OCC(=O)N2CCCc3ccccc32)c1C. The summed E-state index contributed by atoms with van der Waals surface area (Å²) in [6, 6.07) is 11.6. The first-order valence-corrected chi connectivity index (χ1v) is 10.3. The van der Waals surface area contributed by atoms with Crippen LogP contribution in [-0.2, 0) is 27.3 Å². The topological polar surface area (TPSA) is 75.3 Å². The molecule has 2 heterocycles. The highest BCUT2D eigenvalue weighted by molar-refractivity contribution is 6.01. The summed E-state index contributed by atoms with van der Waals surface area (Å²) in [6.07, 6.45) is 4.33. The molecule has 6 heteroatoms. The van der Waals surface area contributed by atoms with Crippen LogP contribution in [0, 0.1) is 25.2 Å². The van der Waals surface area contributed by atoms with Gasteiger partial charge in [0.1, 0.15) is 11.6 Å². The summed E-state index contributed by atoms with van der Waals surface area (Å²) in [5.74, 6) is -1.06. The van der Waals surface area contributed by atoms with Gasteiger partial charge in [0.25, 0.3) is 5.91 Å². The third kappa shape index (κ3) is 4.46. The Hall–Kier alpha value is -3.33. The number of para-hydroxylation sites is 1. The molecule has 3 rings (SSSR count). The number of carbonyl (C=O) groups excluding carboxylic acids is 2. The van der Waals surface area contributed by atoms with Gasteiger partial charge in [-0.15, -0.1) is 0 Å². The number of anilines is 1. The van der Waals surface area contributed by atoms with Gasteiger partial charge in [0.05, 0.1) is 0 Å². The quantitative estimate of drug-likeness (QED) is 0.414. The molecule has 0 fully saturated rings. The van der Waals surface area contributed by atoms with Gasteiger partial charge in [-0.25, -0.2) is 4.79 Å². The number of aromatic nitrogens is 1. The first-order valence-electron chi connectivity index (χ1n) is 10.3. The van der Waals surface area contributed by atoms with Gasteiger partial charge < -0.3 is 14.2 Å². The predicted octanol–water partition coefficient (Wildman–Crippen LogP) is 3.94. The molecule has 1 aromatic carbocycles. The number of hydrogen-bond donors (Lipinski definition) is 0. The van der Waals surface area contributed by atoms with E-state index in [1.54, 1.807) is 4.90 Å². The monoisotopic (exact) mass is 405 g/mol. The van der Waals surface area contributed by atoms with Crippen molar-refractivity contribution in [3.63, 3.8) is 0 Å². The molecule has 1 aromatic heterocycles. The van der Waals surface area contributed by atoms with Crippen molar-refractivity contribution < 1.29 is 14.3 Å². The minimum atomic E-state index is -0.781. The van der Waals surface area contributed by atoms with E-state index in [4.69, 9.17) is 4.74 Å². The molecule has 2 aromatic rings. The average molecular weight is 405 g/mol. The van der Waals surface area contributed by atoms with Crippen molar-refractivity contribution >= 4 is 23.6 Å². The van der Waals surface area contributed by atoms with Gasteiger partial charge in [-0.1, -0.05) is 25.1 Å². The van der Waals surface area contributed by atoms with Gasteiger partial charge in [0.15, 0.2) is 6.61 Å². The molecule has 156 valence electrons. The fraction of sp³-hybridized carbons (Fsp3) is 0.375. The van der Waals surface area contributed by atoms with Gasteiger partial charge in [-0.2, -0.15) is 5.26 Å².